The Morgan fingerprint density at radius 2 is 1.68 bits per heavy atom. The van der Waals surface area contributed by atoms with E-state index in [9.17, 15) is 4.79 Å². The molecule has 0 atom stereocenters. The van der Waals surface area contributed by atoms with Gasteiger partial charge in [-0.15, -0.1) is 0 Å². The van der Waals surface area contributed by atoms with E-state index in [1.807, 2.05) is 18.2 Å². The van der Waals surface area contributed by atoms with Crippen LogP contribution in [-0.4, -0.2) is 69.3 Å². The maximum absolute atomic E-state index is 12.6. The van der Waals surface area contributed by atoms with Crippen molar-refractivity contribution in [2.75, 3.05) is 58.7 Å². The molecular weight excluding hydrogens is 400 g/mol. The summed E-state index contributed by atoms with van der Waals surface area (Å²) in [4.78, 5) is 18.8. The summed E-state index contributed by atoms with van der Waals surface area (Å²) in [6.45, 7) is 3.93. The highest BCUT2D eigenvalue weighted by Gasteiger charge is 2.19. The number of methoxy groups -OCH3 is 2. The molecule has 0 spiro atoms. The lowest BCUT2D eigenvalue weighted by Gasteiger charge is -2.26. The predicted molar refractivity (Wildman–Crippen MR) is 122 cm³/mol. The molecule has 2 aromatic carbocycles. The molecule has 1 fully saturated rings. The molecule has 9 heteroatoms. The van der Waals surface area contributed by atoms with Crippen molar-refractivity contribution < 1.29 is 24.1 Å². The largest absolute Gasteiger partial charge is 0.497 e. The Kier molecular flexibility index (Phi) is 9.11. The van der Waals surface area contributed by atoms with Gasteiger partial charge in [0.1, 0.15) is 17.2 Å². The Morgan fingerprint density at radius 1 is 1.06 bits per heavy atom. The Bertz CT molecular complexity index is 889. The quantitative estimate of drug-likeness (QED) is 0.476. The molecule has 1 heterocycles. The molecule has 2 aromatic rings. The highest BCUT2D eigenvalue weighted by Crippen LogP contribution is 2.31. The van der Waals surface area contributed by atoms with Crippen LogP contribution in [0.4, 0.5) is 22.7 Å². The molecule has 0 saturated carbocycles. The van der Waals surface area contributed by atoms with E-state index in [0.717, 1.165) is 18.5 Å². The molecule has 1 aliphatic heterocycles. The van der Waals surface area contributed by atoms with E-state index in [4.69, 9.17) is 25.1 Å². The SMILES string of the molecule is CO.COc1cc(Nc2ccc(N)c(N=C(C)C(=O)N3CCOCC3)c2)cc(OC)c1. The summed E-state index contributed by atoms with van der Waals surface area (Å²) in [7, 11) is 4.20. The summed E-state index contributed by atoms with van der Waals surface area (Å²) in [5.41, 5.74) is 9.07. The van der Waals surface area contributed by atoms with Crippen molar-refractivity contribution >= 4 is 34.4 Å². The first-order valence-corrected chi connectivity index (χ1v) is 9.77. The lowest BCUT2D eigenvalue weighted by molar-refractivity contribution is -0.128. The average molecular weight is 431 g/mol. The van der Waals surface area contributed by atoms with E-state index < -0.39 is 0 Å². The number of nitrogen functional groups attached to an aromatic ring is 1. The van der Waals surface area contributed by atoms with E-state index in [2.05, 4.69) is 10.3 Å². The number of morpholine rings is 1. The van der Waals surface area contributed by atoms with Gasteiger partial charge in [-0.1, -0.05) is 0 Å². The Labute approximate surface area is 182 Å². The van der Waals surface area contributed by atoms with Gasteiger partial charge in [-0.25, -0.2) is 4.99 Å². The third-order valence-electron chi connectivity index (χ3n) is 4.57. The van der Waals surface area contributed by atoms with Crippen LogP contribution in [0, 0.1) is 0 Å². The van der Waals surface area contributed by atoms with Gasteiger partial charge in [-0.2, -0.15) is 0 Å². The van der Waals surface area contributed by atoms with Crippen LogP contribution in [-0.2, 0) is 9.53 Å². The molecule has 0 unspecified atom stereocenters. The fourth-order valence-corrected chi connectivity index (χ4v) is 2.99. The molecule has 0 aromatic heterocycles. The van der Waals surface area contributed by atoms with Gasteiger partial charge in [0.2, 0.25) is 0 Å². The molecule has 1 aliphatic rings. The Morgan fingerprint density at radius 3 is 2.26 bits per heavy atom. The number of hydrogen-bond acceptors (Lipinski definition) is 8. The number of amides is 1. The second-order valence-electron chi connectivity index (χ2n) is 6.60. The van der Waals surface area contributed by atoms with Crippen molar-refractivity contribution in [2.24, 2.45) is 4.99 Å². The molecule has 0 radical (unpaired) electrons. The zero-order valence-corrected chi connectivity index (χ0v) is 18.3. The van der Waals surface area contributed by atoms with Crippen LogP contribution in [0.15, 0.2) is 41.4 Å². The van der Waals surface area contributed by atoms with Crippen LogP contribution in [0.25, 0.3) is 0 Å². The first kappa shape index (κ1) is 24.0. The summed E-state index contributed by atoms with van der Waals surface area (Å²) >= 11 is 0. The monoisotopic (exact) mass is 430 g/mol. The third-order valence-corrected chi connectivity index (χ3v) is 4.57. The normalized spacial score (nSPS) is 13.7. The number of nitrogens with one attached hydrogen (secondary N) is 1. The number of aliphatic hydroxyl groups excluding tert-OH is 1. The number of hydrogen-bond donors (Lipinski definition) is 3. The lowest BCUT2D eigenvalue weighted by atomic mass is 10.2. The fourth-order valence-electron chi connectivity index (χ4n) is 2.99. The number of benzene rings is 2. The smallest absolute Gasteiger partial charge is 0.268 e. The van der Waals surface area contributed by atoms with Gasteiger partial charge in [0.05, 0.1) is 38.8 Å². The number of carbonyl (C=O) groups is 1. The van der Waals surface area contributed by atoms with Crippen LogP contribution in [0.5, 0.6) is 11.5 Å². The first-order chi connectivity index (χ1) is 15.0. The predicted octanol–water partition coefficient (Wildman–Crippen LogP) is 2.59. The number of nitrogens with two attached hydrogens (primary N) is 1. The highest BCUT2D eigenvalue weighted by atomic mass is 16.5. The number of ether oxygens (including phenoxy) is 3. The van der Waals surface area contributed by atoms with Gasteiger partial charge in [-0.3, -0.25) is 4.79 Å². The van der Waals surface area contributed by atoms with Crippen molar-refractivity contribution in [3.05, 3.63) is 36.4 Å². The van der Waals surface area contributed by atoms with E-state index in [1.54, 1.807) is 44.2 Å². The van der Waals surface area contributed by atoms with Gasteiger partial charge in [0.25, 0.3) is 5.91 Å². The van der Waals surface area contributed by atoms with Crippen molar-refractivity contribution in [1.29, 1.82) is 0 Å². The lowest BCUT2D eigenvalue weighted by Crippen LogP contribution is -2.43. The summed E-state index contributed by atoms with van der Waals surface area (Å²) < 4.78 is 15.9. The van der Waals surface area contributed by atoms with Crippen LogP contribution in [0.3, 0.4) is 0 Å². The molecule has 3 rings (SSSR count). The minimum absolute atomic E-state index is 0.108. The van der Waals surface area contributed by atoms with Crippen molar-refractivity contribution in [3.8, 4) is 11.5 Å². The fraction of sp³-hybridized carbons (Fsp3) is 0.364. The standard InChI is InChI=1S/C21H26N4O4.CH4O/c1-14(21(26)25-6-8-29-9-7-25)23-20-12-15(4-5-19(20)22)24-16-10-17(27-2)13-18(11-16)28-3;1-2/h4-5,10-13,24H,6-9,22H2,1-3H3;2H,1H3. The molecule has 0 bridgehead atoms. The second kappa shape index (κ2) is 11.8. The van der Waals surface area contributed by atoms with Gasteiger partial charge < -0.3 is 35.3 Å². The van der Waals surface area contributed by atoms with Gasteiger partial charge >= 0.3 is 0 Å². The first-order valence-electron chi connectivity index (χ1n) is 9.77. The van der Waals surface area contributed by atoms with E-state index in [0.29, 0.717) is 54.9 Å². The molecule has 0 aliphatic carbocycles. The van der Waals surface area contributed by atoms with Crippen molar-refractivity contribution in [1.82, 2.24) is 4.90 Å². The van der Waals surface area contributed by atoms with Crippen LogP contribution >= 0.6 is 0 Å². The maximum Gasteiger partial charge on any atom is 0.268 e. The number of aliphatic hydroxyl groups is 1. The van der Waals surface area contributed by atoms with E-state index >= 15 is 0 Å². The van der Waals surface area contributed by atoms with Crippen molar-refractivity contribution in [3.63, 3.8) is 0 Å². The molecule has 4 N–H and O–H groups in total. The summed E-state index contributed by atoms with van der Waals surface area (Å²) in [5, 5.41) is 10.3. The molecule has 1 saturated heterocycles. The van der Waals surface area contributed by atoms with Gasteiger partial charge in [0, 0.05) is 49.8 Å². The Hall–Kier alpha value is -3.30. The molecular formula is C22H30N4O5. The second-order valence-corrected chi connectivity index (χ2v) is 6.60. The van der Waals surface area contributed by atoms with Crippen LogP contribution in [0.2, 0.25) is 0 Å². The van der Waals surface area contributed by atoms with E-state index in [-0.39, 0.29) is 5.91 Å². The van der Waals surface area contributed by atoms with Gasteiger partial charge in [0.15, 0.2) is 0 Å². The number of rotatable bonds is 6. The van der Waals surface area contributed by atoms with E-state index in [1.165, 1.54) is 0 Å². The van der Waals surface area contributed by atoms with Crippen LogP contribution in [0.1, 0.15) is 6.92 Å². The Balaban J connectivity index is 0.00000166. The molecule has 9 nitrogen and oxygen atoms in total. The number of nitrogens with zero attached hydrogens (tertiary/aromatic N) is 2. The minimum atomic E-state index is -0.108. The molecule has 168 valence electrons. The number of anilines is 3. The zero-order valence-electron chi connectivity index (χ0n) is 18.3. The maximum atomic E-state index is 12.6. The number of carbonyl (C=O) groups excluding carboxylic acids is 1. The minimum Gasteiger partial charge on any atom is -0.497 e. The summed E-state index contributed by atoms with van der Waals surface area (Å²) in [6.07, 6.45) is 0. The van der Waals surface area contributed by atoms with Gasteiger partial charge in [-0.05, 0) is 25.1 Å². The number of aliphatic imine (C=N–C) groups is 1. The third kappa shape index (κ3) is 6.59. The summed E-state index contributed by atoms with van der Waals surface area (Å²) in [6, 6.07) is 10.9. The zero-order chi connectivity index (χ0) is 22.8. The highest BCUT2D eigenvalue weighted by molar-refractivity contribution is 6.38. The van der Waals surface area contributed by atoms with Crippen LogP contribution < -0.4 is 20.5 Å². The molecule has 31 heavy (non-hydrogen) atoms. The van der Waals surface area contributed by atoms with Crippen molar-refractivity contribution in [2.45, 2.75) is 6.92 Å². The summed E-state index contributed by atoms with van der Waals surface area (Å²) in [5.74, 6) is 1.24. The molecule has 1 amide bonds. The average Bonchev–Trinajstić information content (AvgIpc) is 2.82. The topological polar surface area (TPSA) is 119 Å².